The van der Waals surface area contributed by atoms with Crippen LogP contribution in [0, 0.1) is 10.1 Å². The van der Waals surface area contributed by atoms with Crippen LogP contribution in [0.25, 0.3) is 11.4 Å². The number of aromatic nitrogens is 2. The van der Waals surface area contributed by atoms with E-state index in [9.17, 15) is 14.9 Å². The van der Waals surface area contributed by atoms with Crippen molar-refractivity contribution in [2.75, 3.05) is 14.2 Å². The van der Waals surface area contributed by atoms with E-state index in [-0.39, 0.29) is 24.1 Å². The lowest BCUT2D eigenvalue weighted by atomic mass is 10.1. The van der Waals surface area contributed by atoms with E-state index in [1.54, 1.807) is 43.3 Å². The molecule has 0 spiro atoms. The molecule has 0 radical (unpaired) electrons. The molecule has 0 aliphatic rings. The van der Waals surface area contributed by atoms with E-state index in [1.807, 2.05) is 19.1 Å². The van der Waals surface area contributed by atoms with Crippen molar-refractivity contribution in [2.24, 2.45) is 0 Å². The minimum Gasteiger partial charge on any atom is -0.497 e. The highest BCUT2D eigenvalue weighted by Crippen LogP contribution is 2.24. The van der Waals surface area contributed by atoms with E-state index in [0.29, 0.717) is 23.7 Å². The van der Waals surface area contributed by atoms with Crippen molar-refractivity contribution in [1.82, 2.24) is 15.0 Å². The average Bonchev–Trinajstić information content (AvgIpc) is 3.25. The fraction of sp³-hybridized carbons (Fsp3) is 0.286. The molecule has 1 atom stereocenters. The Kier molecular flexibility index (Phi) is 6.41. The Morgan fingerprint density at radius 3 is 2.67 bits per heavy atom. The van der Waals surface area contributed by atoms with E-state index in [1.165, 1.54) is 12.1 Å². The summed E-state index contributed by atoms with van der Waals surface area (Å²) in [4.78, 5) is 29.0. The fourth-order valence-corrected chi connectivity index (χ4v) is 2.94. The van der Waals surface area contributed by atoms with Gasteiger partial charge in [0, 0.05) is 37.6 Å². The molecule has 0 N–H and O–H groups in total. The third-order valence-corrected chi connectivity index (χ3v) is 4.91. The molecular formula is C21H22N4O5. The Morgan fingerprint density at radius 1 is 1.27 bits per heavy atom. The molecule has 0 fully saturated rings. The Labute approximate surface area is 173 Å². The van der Waals surface area contributed by atoms with Crippen molar-refractivity contribution >= 4 is 11.6 Å². The molecular weight excluding hydrogens is 388 g/mol. The van der Waals surface area contributed by atoms with Gasteiger partial charge in [-0.1, -0.05) is 17.3 Å². The summed E-state index contributed by atoms with van der Waals surface area (Å²) >= 11 is 0. The van der Waals surface area contributed by atoms with Gasteiger partial charge in [-0.05, 0) is 36.8 Å². The minimum absolute atomic E-state index is 0.00267. The van der Waals surface area contributed by atoms with Gasteiger partial charge in [-0.15, -0.1) is 0 Å². The quantitative estimate of drug-likeness (QED) is 0.410. The number of nitrogens with zero attached hydrogens (tertiary/aromatic N) is 4. The molecule has 0 unspecified atom stereocenters. The number of nitro groups is 1. The van der Waals surface area contributed by atoms with Crippen LogP contribution in [-0.4, -0.2) is 40.0 Å². The number of non-ortho nitro benzene ring substituents is 1. The van der Waals surface area contributed by atoms with Crippen LogP contribution < -0.4 is 4.74 Å². The predicted molar refractivity (Wildman–Crippen MR) is 109 cm³/mol. The number of carbonyl (C=O) groups excluding carboxylic acids is 1. The van der Waals surface area contributed by atoms with Crippen molar-refractivity contribution in [3.63, 3.8) is 0 Å². The van der Waals surface area contributed by atoms with Crippen LogP contribution in [-0.2, 0) is 11.2 Å². The van der Waals surface area contributed by atoms with Gasteiger partial charge in [0.05, 0.1) is 18.1 Å². The van der Waals surface area contributed by atoms with E-state index in [4.69, 9.17) is 9.26 Å². The number of rotatable bonds is 8. The smallest absolute Gasteiger partial charge is 0.269 e. The number of methoxy groups -OCH3 is 1. The summed E-state index contributed by atoms with van der Waals surface area (Å²) in [7, 11) is 3.26. The first-order chi connectivity index (χ1) is 14.4. The molecule has 156 valence electrons. The first-order valence-corrected chi connectivity index (χ1v) is 9.36. The largest absolute Gasteiger partial charge is 0.497 e. The summed E-state index contributed by atoms with van der Waals surface area (Å²) in [5, 5.41) is 14.9. The molecule has 9 nitrogen and oxygen atoms in total. The molecule has 3 aromatic rings. The normalized spacial score (nSPS) is 11.7. The lowest BCUT2D eigenvalue weighted by molar-refractivity contribution is -0.384. The first-order valence-electron chi connectivity index (χ1n) is 9.36. The molecule has 0 aliphatic heterocycles. The Hall–Kier alpha value is -3.75. The molecule has 2 aromatic carbocycles. The second kappa shape index (κ2) is 9.17. The lowest BCUT2D eigenvalue weighted by Crippen LogP contribution is -2.29. The van der Waals surface area contributed by atoms with Crippen LogP contribution in [0.4, 0.5) is 5.69 Å². The second-order valence-electron chi connectivity index (χ2n) is 6.77. The van der Waals surface area contributed by atoms with Crippen LogP contribution in [0.5, 0.6) is 5.75 Å². The minimum atomic E-state index is -0.450. The van der Waals surface area contributed by atoms with Crippen molar-refractivity contribution in [1.29, 1.82) is 0 Å². The van der Waals surface area contributed by atoms with Crippen LogP contribution in [0.2, 0.25) is 0 Å². The van der Waals surface area contributed by atoms with Crippen molar-refractivity contribution in [3.05, 3.63) is 70.1 Å². The first kappa shape index (κ1) is 21.0. The fourth-order valence-electron chi connectivity index (χ4n) is 2.94. The summed E-state index contributed by atoms with van der Waals surface area (Å²) < 4.78 is 10.4. The van der Waals surface area contributed by atoms with Crippen LogP contribution in [0.3, 0.4) is 0 Å². The number of hydrogen-bond donors (Lipinski definition) is 0. The molecule has 0 bridgehead atoms. The van der Waals surface area contributed by atoms with E-state index in [2.05, 4.69) is 10.1 Å². The summed E-state index contributed by atoms with van der Waals surface area (Å²) in [6, 6.07) is 13.2. The van der Waals surface area contributed by atoms with Gasteiger partial charge in [0.25, 0.3) is 5.69 Å². The van der Waals surface area contributed by atoms with E-state index >= 15 is 0 Å². The van der Waals surface area contributed by atoms with Gasteiger partial charge in [-0.2, -0.15) is 4.98 Å². The standard InChI is InChI=1S/C21H22N4O5/c1-14(16-5-4-6-17(13-16)25(27)28)24(2)20(26)12-11-19-22-21(23-30-19)15-7-9-18(29-3)10-8-15/h4-10,13-14H,11-12H2,1-3H3/t14-/m0/s1. The maximum atomic E-state index is 12.6. The summed E-state index contributed by atoms with van der Waals surface area (Å²) in [5.41, 5.74) is 1.48. The van der Waals surface area contributed by atoms with Gasteiger partial charge in [-0.25, -0.2) is 0 Å². The number of benzene rings is 2. The summed E-state index contributed by atoms with van der Waals surface area (Å²) in [6.45, 7) is 1.82. The average molecular weight is 410 g/mol. The zero-order valence-corrected chi connectivity index (χ0v) is 16.9. The van der Waals surface area contributed by atoms with Gasteiger partial charge in [-0.3, -0.25) is 14.9 Å². The summed E-state index contributed by atoms with van der Waals surface area (Å²) in [6.07, 6.45) is 0.480. The number of nitro benzene ring substituents is 1. The Balaban J connectivity index is 1.60. The van der Waals surface area contributed by atoms with Gasteiger partial charge in [0.1, 0.15) is 5.75 Å². The lowest BCUT2D eigenvalue weighted by Gasteiger charge is -2.25. The summed E-state index contributed by atoms with van der Waals surface area (Å²) in [5.74, 6) is 1.41. The molecule has 1 aromatic heterocycles. The number of carbonyl (C=O) groups is 1. The number of hydrogen-bond acceptors (Lipinski definition) is 7. The molecule has 1 amide bonds. The zero-order chi connectivity index (χ0) is 21.7. The van der Waals surface area contributed by atoms with Crippen LogP contribution in [0.15, 0.2) is 53.1 Å². The molecule has 30 heavy (non-hydrogen) atoms. The molecule has 0 aliphatic carbocycles. The molecule has 0 saturated heterocycles. The van der Waals surface area contributed by atoms with Crippen molar-refractivity contribution in [2.45, 2.75) is 25.8 Å². The van der Waals surface area contributed by atoms with Gasteiger partial charge in [0.15, 0.2) is 0 Å². The predicted octanol–water partition coefficient (Wildman–Crippen LogP) is 3.81. The zero-order valence-electron chi connectivity index (χ0n) is 16.9. The Bertz CT molecular complexity index is 1030. The maximum Gasteiger partial charge on any atom is 0.269 e. The van der Waals surface area contributed by atoms with Crippen LogP contribution >= 0.6 is 0 Å². The van der Waals surface area contributed by atoms with E-state index < -0.39 is 4.92 Å². The maximum absolute atomic E-state index is 12.6. The van der Waals surface area contributed by atoms with Gasteiger partial charge in [0.2, 0.25) is 17.6 Å². The van der Waals surface area contributed by atoms with Crippen molar-refractivity contribution in [3.8, 4) is 17.1 Å². The van der Waals surface area contributed by atoms with Crippen LogP contribution in [0.1, 0.15) is 30.8 Å². The number of aryl methyl sites for hydroxylation is 1. The van der Waals surface area contributed by atoms with Gasteiger partial charge >= 0.3 is 0 Å². The topological polar surface area (TPSA) is 112 Å². The number of amides is 1. The third kappa shape index (κ3) is 4.80. The Morgan fingerprint density at radius 2 is 2.00 bits per heavy atom. The monoisotopic (exact) mass is 410 g/mol. The molecule has 9 heteroatoms. The second-order valence-corrected chi connectivity index (χ2v) is 6.77. The molecule has 0 saturated carbocycles. The van der Waals surface area contributed by atoms with Crippen molar-refractivity contribution < 1.29 is 19.0 Å². The highest BCUT2D eigenvalue weighted by Gasteiger charge is 2.20. The van der Waals surface area contributed by atoms with E-state index in [0.717, 1.165) is 11.3 Å². The molecule has 1 heterocycles. The highest BCUT2D eigenvalue weighted by molar-refractivity contribution is 5.76. The third-order valence-electron chi connectivity index (χ3n) is 4.91. The van der Waals surface area contributed by atoms with Gasteiger partial charge < -0.3 is 14.2 Å². The molecule has 3 rings (SSSR count). The highest BCUT2D eigenvalue weighted by atomic mass is 16.6. The number of ether oxygens (including phenoxy) is 1. The SMILES string of the molecule is COc1ccc(-c2noc(CCC(=O)N(C)[C@@H](C)c3cccc([N+](=O)[O-])c3)n2)cc1.